The second kappa shape index (κ2) is 10.1. The zero-order valence-corrected chi connectivity index (χ0v) is 12.9. The normalized spacial score (nSPS) is 14.0. The number of carboxylic acids is 1. The minimum atomic E-state index is -1.39. The van der Waals surface area contributed by atoms with Crippen LogP contribution in [0, 0.1) is 0 Å². The van der Waals surface area contributed by atoms with E-state index in [1.807, 2.05) is 0 Å². The number of carboxylic acid groups (broad SMARTS) is 1. The van der Waals surface area contributed by atoms with Gasteiger partial charge in [0.2, 0.25) is 23.6 Å². The van der Waals surface area contributed by atoms with Crippen LogP contribution < -0.4 is 27.4 Å². The molecule has 0 rings (SSSR count). The Morgan fingerprint density at radius 3 is 2.12 bits per heavy atom. The van der Waals surface area contributed by atoms with Crippen LogP contribution in [-0.2, 0) is 24.0 Å². The first-order valence-corrected chi connectivity index (χ1v) is 6.83. The molecule has 12 heteroatoms. The fourth-order valence-corrected chi connectivity index (χ4v) is 1.42. The molecule has 12 nitrogen and oxygen atoms in total. The molecule has 3 unspecified atom stereocenters. The Hall–Kier alpha value is -2.73. The Bertz CT molecular complexity index is 510. The maximum atomic E-state index is 11.7. The van der Waals surface area contributed by atoms with Gasteiger partial charge >= 0.3 is 5.97 Å². The number of primary amides is 1. The lowest BCUT2D eigenvalue weighted by molar-refractivity contribution is -0.142. The highest BCUT2D eigenvalue weighted by atomic mass is 16.4. The van der Waals surface area contributed by atoms with Crippen molar-refractivity contribution in [2.75, 3.05) is 13.2 Å². The minimum absolute atomic E-state index is 0.401. The lowest BCUT2D eigenvalue weighted by atomic mass is 10.2. The van der Waals surface area contributed by atoms with Crippen LogP contribution in [-0.4, -0.2) is 71.1 Å². The molecule has 4 amide bonds. The summed E-state index contributed by atoms with van der Waals surface area (Å²) in [7, 11) is 0. The van der Waals surface area contributed by atoms with Gasteiger partial charge in [0.1, 0.15) is 12.1 Å². The number of aliphatic hydroxyl groups is 1. The smallest absolute Gasteiger partial charge is 0.325 e. The molecular formula is C12H21N5O7. The largest absolute Gasteiger partial charge is 0.480 e. The predicted octanol–water partition coefficient (Wildman–Crippen LogP) is -4.63. The zero-order chi connectivity index (χ0) is 18.9. The summed E-state index contributed by atoms with van der Waals surface area (Å²) in [6, 6.07) is -3.82. The van der Waals surface area contributed by atoms with Gasteiger partial charge in [0.15, 0.2) is 0 Å². The van der Waals surface area contributed by atoms with Crippen molar-refractivity contribution in [1.29, 1.82) is 0 Å². The van der Waals surface area contributed by atoms with E-state index >= 15 is 0 Å². The van der Waals surface area contributed by atoms with E-state index in [4.69, 9.17) is 21.7 Å². The molecule has 0 saturated carbocycles. The number of hydrogen-bond donors (Lipinski definition) is 7. The lowest BCUT2D eigenvalue weighted by Gasteiger charge is -2.18. The van der Waals surface area contributed by atoms with E-state index in [1.54, 1.807) is 0 Å². The first kappa shape index (κ1) is 21.3. The molecule has 0 aliphatic rings. The highest BCUT2D eigenvalue weighted by Gasteiger charge is 2.24. The number of nitrogens with one attached hydrogen (secondary N) is 3. The van der Waals surface area contributed by atoms with Crippen LogP contribution in [0.15, 0.2) is 0 Å². The van der Waals surface area contributed by atoms with E-state index in [-0.39, 0.29) is 0 Å². The van der Waals surface area contributed by atoms with E-state index in [1.165, 1.54) is 6.92 Å². The van der Waals surface area contributed by atoms with Crippen molar-refractivity contribution in [3.8, 4) is 0 Å². The van der Waals surface area contributed by atoms with Gasteiger partial charge in [0.05, 0.1) is 25.6 Å². The Labute approximate surface area is 136 Å². The Balaban J connectivity index is 4.41. The van der Waals surface area contributed by atoms with Gasteiger partial charge in [-0.15, -0.1) is 0 Å². The average Bonchev–Trinajstić information content (AvgIpc) is 2.48. The summed E-state index contributed by atoms with van der Waals surface area (Å²) >= 11 is 0. The van der Waals surface area contributed by atoms with Crippen molar-refractivity contribution in [1.82, 2.24) is 16.0 Å². The molecule has 0 aliphatic carbocycles. The Morgan fingerprint density at radius 2 is 1.67 bits per heavy atom. The maximum absolute atomic E-state index is 11.7. The van der Waals surface area contributed by atoms with E-state index in [2.05, 4.69) is 16.0 Å². The SMILES string of the molecule is CC(NC(=O)C(CO)NC(=O)CNC(=O)C(N)CC(N)=O)C(=O)O. The highest BCUT2D eigenvalue weighted by Crippen LogP contribution is 1.89. The number of rotatable bonds is 10. The van der Waals surface area contributed by atoms with E-state index in [0.717, 1.165) is 0 Å². The molecule has 0 spiro atoms. The number of aliphatic hydroxyl groups excluding tert-OH is 1. The number of carbonyl (C=O) groups excluding carboxylic acids is 4. The van der Waals surface area contributed by atoms with Gasteiger partial charge in [-0.1, -0.05) is 0 Å². The molecule has 0 aliphatic heterocycles. The molecule has 3 atom stereocenters. The van der Waals surface area contributed by atoms with Crippen LogP contribution in [0.2, 0.25) is 0 Å². The molecular weight excluding hydrogens is 326 g/mol. The monoisotopic (exact) mass is 347 g/mol. The first-order valence-electron chi connectivity index (χ1n) is 6.83. The fourth-order valence-electron chi connectivity index (χ4n) is 1.42. The fraction of sp³-hybridized carbons (Fsp3) is 0.583. The molecule has 0 radical (unpaired) electrons. The topological polar surface area (TPSA) is 214 Å². The first-order chi connectivity index (χ1) is 11.1. The van der Waals surface area contributed by atoms with Gasteiger partial charge in [0.25, 0.3) is 0 Å². The Morgan fingerprint density at radius 1 is 1.08 bits per heavy atom. The van der Waals surface area contributed by atoms with Crippen LogP contribution >= 0.6 is 0 Å². The van der Waals surface area contributed by atoms with Crippen LogP contribution in [0.1, 0.15) is 13.3 Å². The second-order valence-corrected chi connectivity index (χ2v) is 4.87. The summed E-state index contributed by atoms with van der Waals surface area (Å²) < 4.78 is 0. The standard InChI is InChI=1S/C12H21N5O7/c1-5(12(23)24)16-11(22)7(4-18)17-9(20)3-15-10(21)6(13)2-8(14)19/h5-7,18H,2-4,13H2,1H3,(H2,14,19)(H,15,21)(H,16,22)(H,17,20)(H,23,24). The summed E-state index contributed by atoms with van der Waals surface area (Å²) in [4.78, 5) is 56.0. The van der Waals surface area contributed by atoms with Crippen LogP contribution in [0.3, 0.4) is 0 Å². The second-order valence-electron chi connectivity index (χ2n) is 4.87. The van der Waals surface area contributed by atoms with Crippen molar-refractivity contribution >= 4 is 29.6 Å². The third-order valence-corrected chi connectivity index (χ3v) is 2.74. The molecule has 0 aromatic heterocycles. The van der Waals surface area contributed by atoms with Crippen molar-refractivity contribution in [2.24, 2.45) is 11.5 Å². The van der Waals surface area contributed by atoms with E-state index in [9.17, 15) is 24.0 Å². The van der Waals surface area contributed by atoms with Gasteiger partial charge in [-0.2, -0.15) is 0 Å². The summed E-state index contributed by atoms with van der Waals surface area (Å²) in [6.45, 7) is -0.139. The molecule has 0 bridgehead atoms. The van der Waals surface area contributed by atoms with Crippen molar-refractivity contribution in [3.05, 3.63) is 0 Å². The molecule has 24 heavy (non-hydrogen) atoms. The maximum Gasteiger partial charge on any atom is 0.325 e. The summed E-state index contributed by atoms with van der Waals surface area (Å²) in [5.74, 6) is -4.61. The number of carbonyl (C=O) groups is 5. The average molecular weight is 347 g/mol. The summed E-state index contributed by atoms with van der Waals surface area (Å²) in [6.07, 6.45) is -0.401. The van der Waals surface area contributed by atoms with Gasteiger partial charge < -0.3 is 37.6 Å². The van der Waals surface area contributed by atoms with E-state index in [0.29, 0.717) is 0 Å². The molecule has 9 N–H and O–H groups in total. The zero-order valence-electron chi connectivity index (χ0n) is 12.9. The van der Waals surface area contributed by atoms with Crippen molar-refractivity contribution in [2.45, 2.75) is 31.5 Å². The van der Waals surface area contributed by atoms with Crippen LogP contribution in [0.5, 0.6) is 0 Å². The summed E-state index contributed by atoms with van der Waals surface area (Å²) in [5.41, 5.74) is 10.2. The van der Waals surface area contributed by atoms with Crippen LogP contribution in [0.25, 0.3) is 0 Å². The quantitative estimate of drug-likeness (QED) is 0.203. The van der Waals surface area contributed by atoms with Crippen LogP contribution in [0.4, 0.5) is 0 Å². The number of amides is 4. The van der Waals surface area contributed by atoms with Gasteiger partial charge in [-0.25, -0.2) is 0 Å². The third-order valence-electron chi connectivity index (χ3n) is 2.74. The third kappa shape index (κ3) is 8.05. The molecule has 0 heterocycles. The molecule has 136 valence electrons. The van der Waals surface area contributed by atoms with E-state index < -0.39 is 67.3 Å². The summed E-state index contributed by atoms with van der Waals surface area (Å²) in [5, 5.41) is 24.0. The van der Waals surface area contributed by atoms with Gasteiger partial charge in [-0.05, 0) is 6.92 Å². The molecule has 0 aromatic rings. The highest BCUT2D eigenvalue weighted by molar-refractivity contribution is 5.93. The molecule has 0 saturated heterocycles. The number of hydrogen-bond acceptors (Lipinski definition) is 7. The van der Waals surface area contributed by atoms with Crippen molar-refractivity contribution < 1.29 is 34.2 Å². The van der Waals surface area contributed by atoms with Gasteiger partial charge in [-0.3, -0.25) is 24.0 Å². The minimum Gasteiger partial charge on any atom is -0.480 e. The Kier molecular flexibility index (Phi) is 8.97. The van der Waals surface area contributed by atoms with Gasteiger partial charge in [0, 0.05) is 0 Å². The lowest BCUT2D eigenvalue weighted by Crippen LogP contribution is -2.54. The number of nitrogens with two attached hydrogens (primary N) is 2. The molecule has 0 fully saturated rings. The predicted molar refractivity (Wildman–Crippen MR) is 79.1 cm³/mol. The van der Waals surface area contributed by atoms with Crippen molar-refractivity contribution in [3.63, 3.8) is 0 Å². The number of aliphatic carboxylic acids is 1. The molecule has 0 aromatic carbocycles.